The molecular weight excluding hydrogens is 338 g/mol. The summed E-state index contributed by atoms with van der Waals surface area (Å²) >= 11 is 0. The van der Waals surface area contributed by atoms with Gasteiger partial charge in [-0.1, -0.05) is 18.2 Å². The molecule has 1 amide bonds. The molecule has 0 aromatic heterocycles. The normalized spacial score (nSPS) is 25.7. The zero-order chi connectivity index (χ0) is 17.9. The molecule has 2 atom stereocenters. The minimum atomic E-state index is -3.54. The Morgan fingerprint density at radius 2 is 1.84 bits per heavy atom. The summed E-state index contributed by atoms with van der Waals surface area (Å²) in [5.74, 6) is -0.192. The van der Waals surface area contributed by atoms with Crippen molar-refractivity contribution in [3.63, 3.8) is 0 Å². The summed E-state index contributed by atoms with van der Waals surface area (Å²) in [5.41, 5.74) is 5.83. The van der Waals surface area contributed by atoms with Gasteiger partial charge in [-0.25, -0.2) is 8.42 Å². The number of hydrogen-bond donors (Lipinski definition) is 1. The van der Waals surface area contributed by atoms with Crippen LogP contribution in [0.1, 0.15) is 32.1 Å². The van der Waals surface area contributed by atoms with Gasteiger partial charge in [0.05, 0.1) is 10.8 Å². The van der Waals surface area contributed by atoms with E-state index in [1.807, 2.05) is 4.90 Å². The van der Waals surface area contributed by atoms with Crippen LogP contribution in [0, 0.1) is 5.92 Å². The fraction of sp³-hybridized carbons (Fsp3) is 0.611. The van der Waals surface area contributed by atoms with E-state index in [2.05, 4.69) is 0 Å². The van der Waals surface area contributed by atoms with Crippen molar-refractivity contribution in [3.8, 4) is 0 Å². The Bertz CT molecular complexity index is 693. The van der Waals surface area contributed by atoms with E-state index in [9.17, 15) is 13.2 Å². The van der Waals surface area contributed by atoms with Gasteiger partial charge in [0.25, 0.3) is 0 Å². The SMILES string of the molecule is NCC1CCCCN1C(=O)C1CCCN(S(=O)(=O)c2ccccc2)C1. The van der Waals surface area contributed by atoms with Crippen LogP contribution in [0.4, 0.5) is 0 Å². The van der Waals surface area contributed by atoms with E-state index in [0.29, 0.717) is 24.4 Å². The summed E-state index contributed by atoms with van der Waals surface area (Å²) in [4.78, 5) is 15.2. The van der Waals surface area contributed by atoms with Gasteiger partial charge in [0.15, 0.2) is 0 Å². The third kappa shape index (κ3) is 3.88. The first kappa shape index (κ1) is 18.4. The molecule has 2 N–H and O–H groups in total. The number of nitrogens with zero attached hydrogens (tertiary/aromatic N) is 2. The number of nitrogens with two attached hydrogens (primary N) is 1. The summed E-state index contributed by atoms with van der Waals surface area (Å²) in [6.45, 7) is 1.96. The third-order valence-corrected chi connectivity index (χ3v) is 7.18. The Hall–Kier alpha value is -1.44. The highest BCUT2D eigenvalue weighted by Crippen LogP contribution is 2.27. The molecule has 7 heteroatoms. The maximum absolute atomic E-state index is 13.0. The lowest BCUT2D eigenvalue weighted by Gasteiger charge is -2.39. The van der Waals surface area contributed by atoms with Gasteiger partial charge in [-0.3, -0.25) is 4.79 Å². The first-order valence-electron chi connectivity index (χ1n) is 9.10. The lowest BCUT2D eigenvalue weighted by molar-refractivity contribution is -0.140. The zero-order valence-corrected chi connectivity index (χ0v) is 15.3. The van der Waals surface area contributed by atoms with Crippen LogP contribution in [0.15, 0.2) is 35.2 Å². The van der Waals surface area contributed by atoms with Crippen molar-refractivity contribution < 1.29 is 13.2 Å². The molecule has 2 saturated heterocycles. The quantitative estimate of drug-likeness (QED) is 0.875. The maximum Gasteiger partial charge on any atom is 0.243 e. The van der Waals surface area contributed by atoms with Crippen LogP contribution in [0.2, 0.25) is 0 Å². The molecular formula is C18H27N3O3S. The zero-order valence-electron chi connectivity index (χ0n) is 14.5. The van der Waals surface area contributed by atoms with Crippen molar-refractivity contribution in [2.24, 2.45) is 11.7 Å². The summed E-state index contributed by atoms with van der Waals surface area (Å²) in [7, 11) is -3.54. The van der Waals surface area contributed by atoms with Crippen LogP contribution >= 0.6 is 0 Å². The molecule has 2 fully saturated rings. The number of rotatable bonds is 4. The van der Waals surface area contributed by atoms with Gasteiger partial charge < -0.3 is 10.6 Å². The summed E-state index contributed by atoms with van der Waals surface area (Å²) in [5, 5.41) is 0. The van der Waals surface area contributed by atoms with Gasteiger partial charge in [0.2, 0.25) is 15.9 Å². The van der Waals surface area contributed by atoms with Gasteiger partial charge >= 0.3 is 0 Å². The van der Waals surface area contributed by atoms with Crippen LogP contribution < -0.4 is 5.73 Å². The van der Waals surface area contributed by atoms with Gasteiger partial charge in [-0.2, -0.15) is 4.31 Å². The molecule has 0 spiro atoms. The highest BCUT2D eigenvalue weighted by molar-refractivity contribution is 7.89. The van der Waals surface area contributed by atoms with Crippen molar-refractivity contribution in [1.82, 2.24) is 9.21 Å². The molecule has 138 valence electrons. The lowest BCUT2D eigenvalue weighted by atomic mass is 9.94. The largest absolute Gasteiger partial charge is 0.338 e. The minimum Gasteiger partial charge on any atom is -0.338 e. The van der Waals surface area contributed by atoms with Gasteiger partial charge in [-0.15, -0.1) is 0 Å². The number of hydrogen-bond acceptors (Lipinski definition) is 4. The second-order valence-corrected chi connectivity index (χ2v) is 8.87. The highest BCUT2D eigenvalue weighted by Gasteiger charge is 2.37. The molecule has 6 nitrogen and oxygen atoms in total. The first-order chi connectivity index (χ1) is 12.0. The van der Waals surface area contributed by atoms with E-state index < -0.39 is 10.0 Å². The molecule has 1 aromatic rings. The monoisotopic (exact) mass is 365 g/mol. The third-order valence-electron chi connectivity index (χ3n) is 5.30. The van der Waals surface area contributed by atoms with Crippen molar-refractivity contribution in [1.29, 1.82) is 0 Å². The molecule has 1 aromatic carbocycles. The number of amides is 1. The van der Waals surface area contributed by atoms with Crippen LogP contribution in [0.5, 0.6) is 0 Å². The van der Waals surface area contributed by atoms with E-state index in [4.69, 9.17) is 5.73 Å². The number of likely N-dealkylation sites (tertiary alicyclic amines) is 1. The highest BCUT2D eigenvalue weighted by atomic mass is 32.2. The number of sulfonamides is 1. The minimum absolute atomic E-state index is 0.0723. The average molecular weight is 365 g/mol. The van der Waals surface area contributed by atoms with Crippen molar-refractivity contribution in [3.05, 3.63) is 30.3 Å². The molecule has 0 bridgehead atoms. The van der Waals surface area contributed by atoms with Gasteiger partial charge in [0.1, 0.15) is 0 Å². The standard InChI is InChI=1S/C18H27N3O3S/c19-13-16-8-4-5-12-21(16)18(22)15-7-6-11-20(14-15)25(23,24)17-9-2-1-3-10-17/h1-3,9-10,15-16H,4-8,11-14,19H2. The van der Waals surface area contributed by atoms with Crippen molar-refractivity contribution in [2.45, 2.75) is 43.0 Å². The second kappa shape index (κ2) is 7.85. The molecule has 0 saturated carbocycles. The summed E-state index contributed by atoms with van der Waals surface area (Å²) in [6.07, 6.45) is 4.50. The Balaban J connectivity index is 1.73. The Labute approximate surface area is 150 Å². The first-order valence-corrected chi connectivity index (χ1v) is 10.5. The maximum atomic E-state index is 13.0. The van der Waals surface area contributed by atoms with Crippen molar-refractivity contribution in [2.75, 3.05) is 26.2 Å². The molecule has 3 rings (SSSR count). The molecule has 2 aliphatic rings. The van der Waals surface area contributed by atoms with E-state index in [1.165, 1.54) is 4.31 Å². The van der Waals surface area contributed by atoms with Gasteiger partial charge in [-0.05, 0) is 44.2 Å². The van der Waals surface area contributed by atoms with E-state index in [0.717, 1.165) is 32.2 Å². The second-order valence-electron chi connectivity index (χ2n) is 6.93. The predicted molar refractivity (Wildman–Crippen MR) is 96.3 cm³/mol. The molecule has 0 aliphatic carbocycles. The number of piperidine rings is 2. The predicted octanol–water partition coefficient (Wildman–Crippen LogP) is 1.43. The molecule has 25 heavy (non-hydrogen) atoms. The fourth-order valence-electron chi connectivity index (χ4n) is 3.87. The number of carbonyl (C=O) groups is 1. The molecule has 2 unspecified atom stereocenters. The topological polar surface area (TPSA) is 83.7 Å². The molecule has 2 heterocycles. The fourth-order valence-corrected chi connectivity index (χ4v) is 5.42. The van der Waals surface area contributed by atoms with Crippen LogP contribution in [0.3, 0.4) is 0 Å². The Kier molecular flexibility index (Phi) is 5.76. The van der Waals surface area contributed by atoms with Crippen LogP contribution in [0.25, 0.3) is 0 Å². The molecule has 0 radical (unpaired) electrons. The van der Waals surface area contributed by atoms with Crippen LogP contribution in [-0.4, -0.2) is 55.8 Å². The summed E-state index contributed by atoms with van der Waals surface area (Å²) < 4.78 is 27.1. The summed E-state index contributed by atoms with van der Waals surface area (Å²) in [6, 6.07) is 8.55. The van der Waals surface area contributed by atoms with Gasteiger partial charge in [0, 0.05) is 32.2 Å². The Morgan fingerprint density at radius 1 is 1.08 bits per heavy atom. The van der Waals surface area contributed by atoms with E-state index >= 15 is 0 Å². The molecule has 2 aliphatic heterocycles. The van der Waals surface area contributed by atoms with Crippen LogP contribution in [-0.2, 0) is 14.8 Å². The Morgan fingerprint density at radius 3 is 2.56 bits per heavy atom. The number of benzene rings is 1. The lowest BCUT2D eigenvalue weighted by Crippen LogP contribution is -2.52. The average Bonchev–Trinajstić information content (AvgIpc) is 2.68. The van der Waals surface area contributed by atoms with E-state index in [1.54, 1.807) is 30.3 Å². The number of carbonyl (C=O) groups excluding carboxylic acids is 1. The van der Waals surface area contributed by atoms with Crippen molar-refractivity contribution >= 4 is 15.9 Å². The smallest absolute Gasteiger partial charge is 0.243 e. The van der Waals surface area contributed by atoms with E-state index in [-0.39, 0.29) is 24.4 Å².